The first-order valence-electron chi connectivity index (χ1n) is 5.92. The van der Waals surface area contributed by atoms with Crippen molar-refractivity contribution in [1.29, 1.82) is 0 Å². The van der Waals surface area contributed by atoms with Gasteiger partial charge in [-0.25, -0.2) is 4.79 Å². The Kier molecular flexibility index (Phi) is 5.79. The van der Waals surface area contributed by atoms with Gasteiger partial charge in [-0.1, -0.05) is 24.4 Å². The van der Waals surface area contributed by atoms with E-state index in [4.69, 9.17) is 28.2 Å². The average molecular weight is 310 g/mol. The summed E-state index contributed by atoms with van der Waals surface area (Å²) in [5.41, 5.74) is 6.33. The van der Waals surface area contributed by atoms with Crippen molar-refractivity contribution in [2.24, 2.45) is 5.73 Å². The SMILES string of the molecule is NC(=S)Cc1cccc(C(=O)NC(CC(=O)O)C(=O)O)c1. The van der Waals surface area contributed by atoms with Crippen LogP contribution in [0.3, 0.4) is 0 Å². The topological polar surface area (TPSA) is 130 Å². The second-order valence-corrected chi connectivity index (χ2v) is 4.83. The zero-order chi connectivity index (χ0) is 16.0. The summed E-state index contributed by atoms with van der Waals surface area (Å²) in [5, 5.41) is 19.7. The minimum atomic E-state index is -1.49. The van der Waals surface area contributed by atoms with Gasteiger partial charge in [-0.15, -0.1) is 0 Å². The first-order valence-corrected chi connectivity index (χ1v) is 6.33. The number of nitrogens with one attached hydrogen (secondary N) is 1. The number of aliphatic carboxylic acids is 2. The molecule has 8 heteroatoms. The molecular formula is C13H14N2O5S. The quantitative estimate of drug-likeness (QED) is 0.528. The van der Waals surface area contributed by atoms with E-state index in [1.54, 1.807) is 12.1 Å². The van der Waals surface area contributed by atoms with Crippen molar-refractivity contribution in [3.8, 4) is 0 Å². The summed E-state index contributed by atoms with van der Waals surface area (Å²) >= 11 is 4.77. The summed E-state index contributed by atoms with van der Waals surface area (Å²) in [4.78, 5) is 33.7. The maximum absolute atomic E-state index is 11.9. The Morgan fingerprint density at radius 1 is 1.29 bits per heavy atom. The van der Waals surface area contributed by atoms with Crippen LogP contribution >= 0.6 is 12.2 Å². The van der Waals surface area contributed by atoms with Gasteiger partial charge in [-0.05, 0) is 17.7 Å². The number of carboxylic acid groups (broad SMARTS) is 2. The number of benzene rings is 1. The van der Waals surface area contributed by atoms with Crippen molar-refractivity contribution in [3.63, 3.8) is 0 Å². The number of amides is 1. The van der Waals surface area contributed by atoms with Gasteiger partial charge in [0.1, 0.15) is 6.04 Å². The minimum absolute atomic E-state index is 0.209. The van der Waals surface area contributed by atoms with Crippen molar-refractivity contribution in [1.82, 2.24) is 5.32 Å². The monoisotopic (exact) mass is 310 g/mol. The van der Waals surface area contributed by atoms with E-state index < -0.39 is 30.3 Å². The van der Waals surface area contributed by atoms with Crippen LogP contribution in [0.4, 0.5) is 0 Å². The average Bonchev–Trinajstić information content (AvgIpc) is 2.36. The highest BCUT2D eigenvalue weighted by atomic mass is 32.1. The van der Waals surface area contributed by atoms with E-state index in [2.05, 4.69) is 5.32 Å². The molecule has 1 atom stereocenters. The molecule has 0 spiro atoms. The van der Waals surface area contributed by atoms with E-state index in [-0.39, 0.29) is 10.6 Å². The normalized spacial score (nSPS) is 11.4. The van der Waals surface area contributed by atoms with Crippen molar-refractivity contribution in [2.75, 3.05) is 0 Å². The standard InChI is InChI=1S/C13H14N2O5S/c14-10(21)5-7-2-1-3-8(4-7)12(18)15-9(13(19)20)6-11(16)17/h1-4,9H,5-6H2,(H2,14,21)(H,15,18)(H,16,17)(H,19,20). The molecule has 0 saturated heterocycles. The Balaban J connectivity index is 2.84. The van der Waals surface area contributed by atoms with Crippen LogP contribution in [-0.4, -0.2) is 39.1 Å². The lowest BCUT2D eigenvalue weighted by Crippen LogP contribution is -2.42. The van der Waals surface area contributed by atoms with Crippen molar-refractivity contribution >= 4 is 35.1 Å². The number of thiocarbonyl (C=S) groups is 1. The molecule has 0 aliphatic carbocycles. The molecule has 0 saturated carbocycles. The van der Waals surface area contributed by atoms with E-state index >= 15 is 0 Å². The Bertz CT molecular complexity index is 588. The number of rotatable bonds is 7. The second-order valence-electron chi connectivity index (χ2n) is 4.31. The van der Waals surface area contributed by atoms with Gasteiger partial charge in [0.15, 0.2) is 0 Å². The fraction of sp³-hybridized carbons (Fsp3) is 0.231. The zero-order valence-corrected chi connectivity index (χ0v) is 11.7. The third kappa shape index (κ3) is 5.57. The highest BCUT2D eigenvalue weighted by molar-refractivity contribution is 7.80. The highest BCUT2D eigenvalue weighted by Crippen LogP contribution is 2.07. The van der Waals surface area contributed by atoms with Crippen LogP contribution in [0, 0.1) is 0 Å². The molecule has 7 nitrogen and oxygen atoms in total. The van der Waals surface area contributed by atoms with Gasteiger partial charge < -0.3 is 21.3 Å². The van der Waals surface area contributed by atoms with Crippen LogP contribution in [0.2, 0.25) is 0 Å². The summed E-state index contributed by atoms with van der Waals surface area (Å²) < 4.78 is 0. The van der Waals surface area contributed by atoms with E-state index in [1.807, 2.05) is 0 Å². The highest BCUT2D eigenvalue weighted by Gasteiger charge is 2.23. The van der Waals surface area contributed by atoms with E-state index in [1.165, 1.54) is 12.1 Å². The number of carbonyl (C=O) groups is 3. The summed E-state index contributed by atoms with van der Waals surface area (Å²) in [6.07, 6.45) is -0.387. The lowest BCUT2D eigenvalue weighted by atomic mass is 10.1. The molecule has 0 bridgehead atoms. The van der Waals surface area contributed by atoms with Gasteiger partial charge in [0, 0.05) is 12.0 Å². The molecule has 0 radical (unpaired) electrons. The van der Waals surface area contributed by atoms with Gasteiger partial charge in [-0.3, -0.25) is 9.59 Å². The molecule has 1 unspecified atom stereocenters. The summed E-state index contributed by atoms with van der Waals surface area (Å²) in [5.74, 6) is -3.40. The molecule has 21 heavy (non-hydrogen) atoms. The first kappa shape index (κ1) is 16.6. The van der Waals surface area contributed by atoms with Crippen molar-refractivity contribution in [3.05, 3.63) is 35.4 Å². The van der Waals surface area contributed by atoms with Crippen LogP contribution in [0.1, 0.15) is 22.3 Å². The molecule has 0 aromatic heterocycles. The molecule has 0 aliphatic heterocycles. The second kappa shape index (κ2) is 7.34. The van der Waals surface area contributed by atoms with Crippen LogP contribution in [0.25, 0.3) is 0 Å². The van der Waals surface area contributed by atoms with E-state index in [9.17, 15) is 14.4 Å². The number of carboxylic acids is 2. The molecule has 1 aromatic rings. The van der Waals surface area contributed by atoms with E-state index in [0.717, 1.165) is 0 Å². The fourth-order valence-corrected chi connectivity index (χ4v) is 1.81. The maximum Gasteiger partial charge on any atom is 0.326 e. The van der Waals surface area contributed by atoms with Crippen LogP contribution < -0.4 is 11.1 Å². The van der Waals surface area contributed by atoms with Crippen LogP contribution in [0.15, 0.2) is 24.3 Å². The molecular weight excluding hydrogens is 296 g/mol. The zero-order valence-electron chi connectivity index (χ0n) is 10.9. The molecule has 0 aliphatic rings. The molecule has 1 aromatic carbocycles. The maximum atomic E-state index is 11.9. The number of carbonyl (C=O) groups excluding carboxylic acids is 1. The summed E-state index contributed by atoms with van der Waals surface area (Å²) in [7, 11) is 0. The third-order valence-corrected chi connectivity index (χ3v) is 2.69. The minimum Gasteiger partial charge on any atom is -0.481 e. The Hall–Kier alpha value is -2.48. The molecule has 112 valence electrons. The van der Waals surface area contributed by atoms with Crippen molar-refractivity contribution < 1.29 is 24.6 Å². The number of hydrogen-bond acceptors (Lipinski definition) is 4. The van der Waals surface area contributed by atoms with Crippen LogP contribution in [-0.2, 0) is 16.0 Å². The van der Waals surface area contributed by atoms with E-state index in [0.29, 0.717) is 12.0 Å². The van der Waals surface area contributed by atoms with Crippen LogP contribution in [0.5, 0.6) is 0 Å². The van der Waals surface area contributed by atoms with Gasteiger partial charge in [0.2, 0.25) is 0 Å². The molecule has 0 heterocycles. The molecule has 1 rings (SSSR count). The molecule has 0 fully saturated rings. The van der Waals surface area contributed by atoms with Gasteiger partial charge >= 0.3 is 11.9 Å². The fourth-order valence-electron chi connectivity index (χ4n) is 1.64. The number of hydrogen-bond donors (Lipinski definition) is 4. The predicted molar refractivity (Wildman–Crippen MR) is 78.1 cm³/mol. The Morgan fingerprint density at radius 3 is 2.48 bits per heavy atom. The predicted octanol–water partition coefficient (Wildman–Crippen LogP) is 0.173. The Labute approximate surface area is 125 Å². The third-order valence-electron chi connectivity index (χ3n) is 2.55. The van der Waals surface area contributed by atoms with Gasteiger partial charge in [-0.2, -0.15) is 0 Å². The largest absolute Gasteiger partial charge is 0.481 e. The molecule has 1 amide bonds. The van der Waals surface area contributed by atoms with Gasteiger partial charge in [0.05, 0.1) is 11.4 Å². The van der Waals surface area contributed by atoms with Gasteiger partial charge in [0.25, 0.3) is 5.91 Å². The first-order chi connectivity index (χ1) is 9.79. The smallest absolute Gasteiger partial charge is 0.326 e. The summed E-state index contributed by atoms with van der Waals surface area (Å²) in [6, 6.07) is 4.85. The molecule has 5 N–H and O–H groups in total. The lowest BCUT2D eigenvalue weighted by Gasteiger charge is -2.12. The lowest BCUT2D eigenvalue weighted by molar-refractivity contribution is -0.145. The Morgan fingerprint density at radius 2 is 1.95 bits per heavy atom. The van der Waals surface area contributed by atoms with Crippen molar-refractivity contribution in [2.45, 2.75) is 18.9 Å². The summed E-state index contributed by atoms with van der Waals surface area (Å²) in [6.45, 7) is 0. The number of nitrogens with two attached hydrogens (primary N) is 1.